The molecule has 0 fully saturated rings. The fraction of sp³-hybridized carbons (Fsp3) is 0.316. The molecule has 2 rings (SSSR count). The van der Waals surface area contributed by atoms with Gasteiger partial charge >= 0.3 is 0 Å². The molecule has 0 aliphatic rings. The number of nitrogens with zero attached hydrogens (tertiary/aromatic N) is 1. The highest BCUT2D eigenvalue weighted by Crippen LogP contribution is 2.30. The van der Waals surface area contributed by atoms with Crippen LogP contribution in [0.5, 0.6) is 11.5 Å². The molecule has 152 valence electrons. The first-order valence-corrected chi connectivity index (χ1v) is 10.3. The normalized spacial score (nSPS) is 12.2. The number of sulfonamides is 1. The van der Waals surface area contributed by atoms with Crippen molar-refractivity contribution in [3.8, 4) is 11.5 Å². The number of ether oxygens (including phenoxy) is 2. The van der Waals surface area contributed by atoms with Crippen molar-refractivity contribution in [3.63, 3.8) is 0 Å². The Morgan fingerprint density at radius 2 is 1.71 bits per heavy atom. The minimum atomic E-state index is -3.80. The molecular formula is C19H23FN2O5S. The van der Waals surface area contributed by atoms with Crippen molar-refractivity contribution in [2.45, 2.75) is 19.4 Å². The van der Waals surface area contributed by atoms with E-state index in [9.17, 15) is 17.6 Å². The molecule has 2 aromatic rings. The highest BCUT2D eigenvalue weighted by atomic mass is 32.2. The first-order chi connectivity index (χ1) is 13.2. The predicted molar refractivity (Wildman–Crippen MR) is 106 cm³/mol. The highest BCUT2D eigenvalue weighted by Gasteiger charge is 2.31. The number of carbonyl (C=O) groups is 1. The Balaban J connectivity index is 2.35. The standard InChI is InChI=1S/C19H23FN2O5S/c1-5-16(22(28(4,24)25)15-9-6-13(20)7-10-15)19(23)21-14-8-11-17(26-2)18(12-14)27-3/h6-12,16H,5H2,1-4H3,(H,21,23). The van der Waals surface area contributed by atoms with Crippen LogP contribution in [0.4, 0.5) is 15.8 Å². The average molecular weight is 410 g/mol. The number of nitrogens with one attached hydrogen (secondary N) is 1. The van der Waals surface area contributed by atoms with E-state index in [1.165, 1.54) is 26.4 Å². The van der Waals surface area contributed by atoms with Crippen LogP contribution in [0, 0.1) is 5.82 Å². The molecule has 9 heteroatoms. The molecule has 1 unspecified atom stereocenters. The summed E-state index contributed by atoms with van der Waals surface area (Å²) in [7, 11) is -0.831. The molecular weight excluding hydrogens is 387 g/mol. The van der Waals surface area contributed by atoms with E-state index in [0.29, 0.717) is 17.2 Å². The maximum absolute atomic E-state index is 13.2. The van der Waals surface area contributed by atoms with E-state index in [1.54, 1.807) is 25.1 Å². The van der Waals surface area contributed by atoms with Gasteiger partial charge in [0.05, 0.1) is 26.2 Å². The van der Waals surface area contributed by atoms with E-state index < -0.39 is 27.8 Å². The summed E-state index contributed by atoms with van der Waals surface area (Å²) in [4.78, 5) is 12.9. The van der Waals surface area contributed by atoms with Gasteiger partial charge in [-0.15, -0.1) is 0 Å². The second kappa shape index (κ2) is 8.92. The van der Waals surface area contributed by atoms with E-state index in [0.717, 1.165) is 22.7 Å². The van der Waals surface area contributed by atoms with Crippen LogP contribution in [0.15, 0.2) is 42.5 Å². The number of anilines is 2. The summed E-state index contributed by atoms with van der Waals surface area (Å²) in [6.45, 7) is 1.69. The third kappa shape index (κ3) is 4.92. The molecule has 0 saturated heterocycles. The number of hydrogen-bond acceptors (Lipinski definition) is 5. The summed E-state index contributed by atoms with van der Waals surface area (Å²) in [5.41, 5.74) is 0.631. The largest absolute Gasteiger partial charge is 0.493 e. The maximum Gasteiger partial charge on any atom is 0.248 e. The van der Waals surface area contributed by atoms with Crippen molar-refractivity contribution in [1.29, 1.82) is 0 Å². The molecule has 28 heavy (non-hydrogen) atoms. The Morgan fingerprint density at radius 1 is 1.11 bits per heavy atom. The summed E-state index contributed by atoms with van der Waals surface area (Å²) < 4.78 is 49.3. The van der Waals surface area contributed by atoms with Crippen LogP contribution >= 0.6 is 0 Å². The lowest BCUT2D eigenvalue weighted by Gasteiger charge is -2.30. The zero-order valence-electron chi connectivity index (χ0n) is 16.1. The van der Waals surface area contributed by atoms with Crippen LogP contribution in [0.3, 0.4) is 0 Å². The van der Waals surface area contributed by atoms with Crippen LogP contribution in [0.25, 0.3) is 0 Å². The Morgan fingerprint density at radius 3 is 2.21 bits per heavy atom. The van der Waals surface area contributed by atoms with Crippen molar-refractivity contribution >= 4 is 27.3 Å². The minimum Gasteiger partial charge on any atom is -0.493 e. The smallest absolute Gasteiger partial charge is 0.248 e. The fourth-order valence-electron chi connectivity index (χ4n) is 2.79. The Kier molecular flexibility index (Phi) is 6.85. The van der Waals surface area contributed by atoms with Crippen molar-refractivity contribution in [3.05, 3.63) is 48.3 Å². The van der Waals surface area contributed by atoms with Gasteiger partial charge < -0.3 is 14.8 Å². The maximum atomic E-state index is 13.2. The number of hydrogen-bond donors (Lipinski definition) is 1. The molecule has 1 amide bonds. The Bertz CT molecular complexity index is 932. The molecule has 0 spiro atoms. The van der Waals surface area contributed by atoms with Gasteiger partial charge in [0.25, 0.3) is 0 Å². The zero-order chi connectivity index (χ0) is 20.9. The van der Waals surface area contributed by atoms with Gasteiger partial charge in [0.1, 0.15) is 11.9 Å². The summed E-state index contributed by atoms with van der Waals surface area (Å²) in [5, 5.41) is 2.70. The van der Waals surface area contributed by atoms with Crippen molar-refractivity contribution < 1.29 is 27.1 Å². The van der Waals surface area contributed by atoms with E-state index in [-0.39, 0.29) is 12.1 Å². The van der Waals surface area contributed by atoms with Crippen LogP contribution in [-0.2, 0) is 14.8 Å². The highest BCUT2D eigenvalue weighted by molar-refractivity contribution is 7.92. The van der Waals surface area contributed by atoms with Crippen LogP contribution in [-0.4, -0.2) is 40.8 Å². The second-order valence-electron chi connectivity index (χ2n) is 6.02. The summed E-state index contributed by atoms with van der Waals surface area (Å²) >= 11 is 0. The lowest BCUT2D eigenvalue weighted by Crippen LogP contribution is -2.47. The molecule has 0 aromatic heterocycles. The minimum absolute atomic E-state index is 0.207. The Hall–Kier alpha value is -2.81. The Labute approximate surface area is 164 Å². The third-order valence-corrected chi connectivity index (χ3v) is 5.24. The van der Waals surface area contributed by atoms with Gasteiger partial charge in [0.15, 0.2) is 11.5 Å². The van der Waals surface area contributed by atoms with E-state index >= 15 is 0 Å². The van der Waals surface area contributed by atoms with Crippen molar-refractivity contribution in [2.24, 2.45) is 0 Å². The zero-order valence-corrected chi connectivity index (χ0v) is 16.9. The third-order valence-electron chi connectivity index (χ3n) is 4.06. The van der Waals surface area contributed by atoms with Crippen LogP contribution in [0.1, 0.15) is 13.3 Å². The molecule has 0 saturated carbocycles. The summed E-state index contributed by atoms with van der Waals surface area (Å²) in [6, 6.07) is 8.74. The van der Waals surface area contributed by atoms with Gasteiger partial charge in [-0.1, -0.05) is 6.92 Å². The van der Waals surface area contributed by atoms with E-state index in [1.807, 2.05) is 0 Å². The molecule has 0 radical (unpaired) electrons. The van der Waals surface area contributed by atoms with E-state index in [4.69, 9.17) is 9.47 Å². The molecule has 7 nitrogen and oxygen atoms in total. The molecule has 0 aliphatic heterocycles. The molecule has 0 bridgehead atoms. The number of benzene rings is 2. The van der Waals surface area contributed by atoms with Gasteiger partial charge in [-0.25, -0.2) is 12.8 Å². The van der Waals surface area contributed by atoms with Gasteiger partial charge in [-0.05, 0) is 42.8 Å². The van der Waals surface area contributed by atoms with Crippen LogP contribution < -0.4 is 19.1 Å². The number of rotatable bonds is 8. The number of methoxy groups -OCH3 is 2. The van der Waals surface area contributed by atoms with Crippen molar-refractivity contribution in [1.82, 2.24) is 0 Å². The van der Waals surface area contributed by atoms with Gasteiger partial charge in [0, 0.05) is 11.8 Å². The first-order valence-electron chi connectivity index (χ1n) is 8.49. The van der Waals surface area contributed by atoms with Gasteiger partial charge in [-0.2, -0.15) is 0 Å². The second-order valence-corrected chi connectivity index (χ2v) is 7.88. The van der Waals surface area contributed by atoms with Gasteiger partial charge in [0.2, 0.25) is 15.9 Å². The quantitative estimate of drug-likeness (QED) is 0.723. The topological polar surface area (TPSA) is 84.9 Å². The van der Waals surface area contributed by atoms with Gasteiger partial charge in [-0.3, -0.25) is 9.10 Å². The SMILES string of the molecule is CCC(C(=O)Nc1ccc(OC)c(OC)c1)N(c1ccc(F)cc1)S(C)(=O)=O. The molecule has 1 atom stereocenters. The molecule has 0 aliphatic carbocycles. The molecule has 2 aromatic carbocycles. The summed E-state index contributed by atoms with van der Waals surface area (Å²) in [5.74, 6) is -0.104. The summed E-state index contributed by atoms with van der Waals surface area (Å²) in [6.07, 6.45) is 1.21. The fourth-order valence-corrected chi connectivity index (χ4v) is 4.00. The molecule has 1 N–H and O–H groups in total. The average Bonchev–Trinajstić information content (AvgIpc) is 2.65. The molecule has 0 heterocycles. The monoisotopic (exact) mass is 410 g/mol. The van der Waals surface area contributed by atoms with Crippen molar-refractivity contribution in [2.75, 3.05) is 30.1 Å². The lowest BCUT2D eigenvalue weighted by atomic mass is 10.1. The lowest BCUT2D eigenvalue weighted by molar-refractivity contribution is -0.117. The number of carbonyl (C=O) groups excluding carboxylic acids is 1. The predicted octanol–water partition coefficient (Wildman–Crippen LogP) is 3.03. The first kappa shape index (κ1) is 21.5. The van der Waals surface area contributed by atoms with E-state index in [2.05, 4.69) is 5.32 Å². The number of halogens is 1. The van der Waals surface area contributed by atoms with Crippen LogP contribution in [0.2, 0.25) is 0 Å². The number of amides is 1.